The van der Waals surface area contributed by atoms with Gasteiger partial charge >= 0.3 is 0 Å². The van der Waals surface area contributed by atoms with Gasteiger partial charge in [0.1, 0.15) is 23.5 Å². The minimum absolute atomic E-state index is 0.0550. The van der Waals surface area contributed by atoms with Crippen molar-refractivity contribution in [2.24, 2.45) is 5.92 Å². The highest BCUT2D eigenvalue weighted by atomic mass is 19.1. The van der Waals surface area contributed by atoms with Crippen molar-refractivity contribution in [3.8, 4) is 0 Å². The number of allylic oxidation sites excluding steroid dienone is 1. The minimum atomic E-state index is -0.431. The Morgan fingerprint density at radius 3 is 2.75 bits per heavy atom. The molecule has 0 bridgehead atoms. The van der Waals surface area contributed by atoms with E-state index >= 15 is 0 Å². The first-order valence-electron chi connectivity index (χ1n) is 10.9. The average Bonchev–Trinajstić information content (AvgIpc) is 3.44. The van der Waals surface area contributed by atoms with Crippen molar-refractivity contribution in [3.63, 3.8) is 0 Å². The molecule has 0 spiro atoms. The number of carbonyl (C=O) groups is 1. The van der Waals surface area contributed by atoms with Crippen LogP contribution in [0.4, 0.5) is 15.9 Å². The van der Waals surface area contributed by atoms with Crippen LogP contribution in [0.3, 0.4) is 0 Å². The molecule has 0 radical (unpaired) electrons. The molecule has 1 saturated carbocycles. The fourth-order valence-corrected chi connectivity index (χ4v) is 4.39. The molecule has 168 valence electrons. The largest absolute Gasteiger partial charge is 0.393 e. The van der Waals surface area contributed by atoms with Gasteiger partial charge in [-0.1, -0.05) is 12.8 Å². The Bertz CT molecular complexity index is 1060. The summed E-state index contributed by atoms with van der Waals surface area (Å²) >= 11 is 0. The van der Waals surface area contributed by atoms with E-state index in [1.165, 1.54) is 25.0 Å². The predicted octanol–water partition coefficient (Wildman–Crippen LogP) is 3.42. The quantitative estimate of drug-likeness (QED) is 0.424. The molecule has 1 amide bonds. The van der Waals surface area contributed by atoms with Crippen LogP contribution in [0.1, 0.15) is 53.1 Å². The first kappa shape index (κ1) is 21.7. The lowest BCUT2D eigenvalue weighted by Crippen LogP contribution is -2.31. The number of hydrogen-bond donors (Lipinski definition) is 5. The van der Waals surface area contributed by atoms with Gasteiger partial charge in [0.15, 0.2) is 11.5 Å². The molecule has 8 nitrogen and oxygen atoms in total. The molecule has 1 atom stereocenters. The molecular formula is C23H28FN7O. The van der Waals surface area contributed by atoms with Gasteiger partial charge in [0.2, 0.25) is 0 Å². The topological polar surface area (TPSA) is 115 Å². The first-order chi connectivity index (χ1) is 15.5. The third-order valence-corrected chi connectivity index (χ3v) is 5.90. The van der Waals surface area contributed by atoms with E-state index < -0.39 is 5.82 Å². The van der Waals surface area contributed by atoms with Crippen molar-refractivity contribution in [3.05, 3.63) is 52.9 Å². The molecule has 1 aliphatic carbocycles. The number of aryl methyl sites for hydroxylation is 1. The van der Waals surface area contributed by atoms with Gasteiger partial charge in [-0.15, -0.1) is 0 Å². The Morgan fingerprint density at radius 1 is 1.25 bits per heavy atom. The summed E-state index contributed by atoms with van der Waals surface area (Å²) in [6.45, 7) is 1.89. The number of nitrogens with zero attached hydrogens (tertiary/aromatic N) is 2. The van der Waals surface area contributed by atoms with Crippen LogP contribution in [0.2, 0.25) is 0 Å². The maximum atomic E-state index is 14.2. The van der Waals surface area contributed by atoms with Crippen molar-refractivity contribution in [1.82, 2.24) is 20.6 Å². The van der Waals surface area contributed by atoms with Crippen molar-refractivity contribution < 1.29 is 9.18 Å². The van der Waals surface area contributed by atoms with Crippen LogP contribution in [0.25, 0.3) is 5.57 Å². The number of amides is 1. The number of anilines is 2. The molecule has 1 unspecified atom stereocenters. The van der Waals surface area contributed by atoms with Crippen molar-refractivity contribution in [2.75, 3.05) is 17.7 Å². The lowest BCUT2D eigenvalue weighted by molar-refractivity contribution is 0.0946. The zero-order chi connectivity index (χ0) is 22.7. The Morgan fingerprint density at radius 2 is 2.03 bits per heavy atom. The molecule has 4 rings (SSSR count). The Kier molecular flexibility index (Phi) is 6.34. The molecule has 2 aromatic rings. The fraction of sp³-hybridized carbons (Fsp3) is 0.391. The maximum Gasteiger partial charge on any atom is 0.272 e. The van der Waals surface area contributed by atoms with Crippen molar-refractivity contribution in [1.29, 1.82) is 5.41 Å². The van der Waals surface area contributed by atoms with E-state index in [1.807, 2.05) is 0 Å². The number of rotatable bonds is 7. The van der Waals surface area contributed by atoms with Gasteiger partial charge in [-0.2, -0.15) is 0 Å². The van der Waals surface area contributed by atoms with E-state index in [4.69, 9.17) is 5.41 Å². The highest BCUT2D eigenvalue weighted by Gasteiger charge is 2.33. The third kappa shape index (κ3) is 4.56. The molecular weight excluding hydrogens is 409 g/mol. The van der Waals surface area contributed by atoms with Crippen LogP contribution in [0, 0.1) is 24.1 Å². The van der Waals surface area contributed by atoms with E-state index in [0.717, 1.165) is 19.1 Å². The van der Waals surface area contributed by atoms with Gasteiger partial charge in [0, 0.05) is 31.6 Å². The second kappa shape index (κ2) is 9.33. The molecule has 32 heavy (non-hydrogen) atoms. The molecule has 9 heteroatoms. The Labute approximate surface area is 186 Å². The first-order valence-corrected chi connectivity index (χ1v) is 10.9. The van der Waals surface area contributed by atoms with Crippen LogP contribution in [0.5, 0.6) is 0 Å². The third-order valence-electron chi connectivity index (χ3n) is 5.90. The highest BCUT2D eigenvalue weighted by Crippen LogP contribution is 2.37. The number of fused-ring (bicyclic) bond motifs is 1. The van der Waals surface area contributed by atoms with Crippen molar-refractivity contribution >= 4 is 29.2 Å². The van der Waals surface area contributed by atoms with Crippen LogP contribution in [0.15, 0.2) is 24.4 Å². The van der Waals surface area contributed by atoms with E-state index in [-0.39, 0.29) is 24.3 Å². The summed E-state index contributed by atoms with van der Waals surface area (Å²) in [6.07, 6.45) is 7.56. The number of halogens is 1. The van der Waals surface area contributed by atoms with Crippen LogP contribution < -0.4 is 21.3 Å². The SMILES string of the molecule is CN/C=C(\C=N)c1cc(F)cc(CNC(=O)c2nc(C)nc3c2NC(C2CCCC2)N3)c1. The summed E-state index contributed by atoms with van der Waals surface area (Å²) in [6, 6.07) is 4.48. The predicted molar refractivity (Wildman–Crippen MR) is 123 cm³/mol. The van der Waals surface area contributed by atoms with E-state index in [1.54, 1.807) is 26.2 Å². The second-order valence-electron chi connectivity index (χ2n) is 8.22. The molecule has 2 aliphatic rings. The Balaban J connectivity index is 1.51. The highest BCUT2D eigenvalue weighted by molar-refractivity contribution is 6.08. The van der Waals surface area contributed by atoms with Gasteiger partial charge in [0.05, 0.1) is 0 Å². The summed E-state index contributed by atoms with van der Waals surface area (Å²) in [4.78, 5) is 21.8. The van der Waals surface area contributed by atoms with Gasteiger partial charge in [-0.3, -0.25) is 4.79 Å². The lowest BCUT2D eigenvalue weighted by Gasteiger charge is -2.19. The number of hydrogen-bond acceptors (Lipinski definition) is 7. The normalized spacial score (nSPS) is 18.0. The number of nitrogens with one attached hydrogen (secondary N) is 5. The summed E-state index contributed by atoms with van der Waals surface area (Å²) in [5.74, 6) is 0.882. The summed E-state index contributed by atoms with van der Waals surface area (Å²) in [5.41, 5.74) is 2.59. The number of benzene rings is 1. The van der Waals surface area contributed by atoms with Crippen molar-refractivity contribution in [2.45, 2.75) is 45.3 Å². The molecule has 1 aromatic heterocycles. The molecule has 1 aliphatic heterocycles. The number of carbonyl (C=O) groups excluding carboxylic acids is 1. The zero-order valence-corrected chi connectivity index (χ0v) is 18.3. The standard InChI is InChI=1S/C23H28FN7O/c1-13-28-20(19-22(29-13)31-21(30-19)15-5-3-4-6-15)23(32)27-11-14-7-16(9-18(24)8-14)17(10-25)12-26-2/h7-10,12,15,21,25-26,30H,3-6,11H2,1-2H3,(H,27,32)(H,28,29,31)/b17-12+,25-10?. The molecule has 1 aromatic carbocycles. The average molecular weight is 438 g/mol. The second-order valence-corrected chi connectivity index (χ2v) is 8.22. The number of aromatic nitrogens is 2. The summed E-state index contributed by atoms with van der Waals surface area (Å²) in [5, 5.41) is 20.0. The monoisotopic (exact) mass is 437 g/mol. The van der Waals surface area contributed by atoms with Gasteiger partial charge < -0.3 is 26.7 Å². The maximum absolute atomic E-state index is 14.2. The minimum Gasteiger partial charge on any atom is -0.393 e. The van der Waals surface area contributed by atoms with E-state index in [2.05, 4.69) is 31.2 Å². The molecule has 0 saturated heterocycles. The molecule has 2 heterocycles. The van der Waals surface area contributed by atoms with Gasteiger partial charge in [-0.25, -0.2) is 14.4 Å². The molecule has 5 N–H and O–H groups in total. The van der Waals surface area contributed by atoms with E-state index in [0.29, 0.717) is 39.9 Å². The Hall–Kier alpha value is -3.49. The lowest BCUT2D eigenvalue weighted by atomic mass is 10.0. The fourth-order valence-electron chi connectivity index (χ4n) is 4.39. The van der Waals surface area contributed by atoms with E-state index in [9.17, 15) is 9.18 Å². The zero-order valence-electron chi connectivity index (χ0n) is 18.3. The summed E-state index contributed by atoms with van der Waals surface area (Å²) < 4.78 is 14.2. The summed E-state index contributed by atoms with van der Waals surface area (Å²) in [7, 11) is 1.71. The smallest absolute Gasteiger partial charge is 0.272 e. The van der Waals surface area contributed by atoms with Crippen LogP contribution >= 0.6 is 0 Å². The van der Waals surface area contributed by atoms with Gasteiger partial charge in [0.25, 0.3) is 5.91 Å². The van der Waals surface area contributed by atoms with Crippen LogP contribution in [-0.4, -0.2) is 35.3 Å². The van der Waals surface area contributed by atoms with Crippen LogP contribution in [-0.2, 0) is 6.54 Å². The molecule has 1 fully saturated rings. The van der Waals surface area contributed by atoms with Gasteiger partial charge in [-0.05, 0) is 55.0 Å².